The van der Waals surface area contributed by atoms with E-state index in [0.29, 0.717) is 13.1 Å². The van der Waals surface area contributed by atoms with Gasteiger partial charge in [0.1, 0.15) is 0 Å². The van der Waals surface area contributed by atoms with E-state index in [0.717, 1.165) is 19.3 Å². The Bertz CT molecular complexity index is 421. The second kappa shape index (κ2) is 5.11. The third-order valence-corrected chi connectivity index (χ3v) is 3.90. The topological polar surface area (TPSA) is 46.3 Å². The molecule has 1 aromatic rings. The van der Waals surface area contributed by atoms with Gasteiger partial charge in [-0.3, -0.25) is 4.79 Å². The van der Waals surface area contributed by atoms with E-state index in [1.54, 1.807) is 4.90 Å². The van der Waals surface area contributed by atoms with Crippen molar-refractivity contribution in [1.82, 2.24) is 4.90 Å². The molecule has 1 aromatic carbocycles. The van der Waals surface area contributed by atoms with Gasteiger partial charge in [-0.25, -0.2) is 0 Å². The standard InChI is InChI=1S/C15H22N2O/c1-3-12-4-6-13(7-5-12)10-17(2)14(18)15(11-16)8-9-15/h4-7H,3,8-11,16H2,1-2H3. The predicted octanol–water partition coefficient (Wildman–Crippen LogP) is 1.95. The van der Waals surface area contributed by atoms with E-state index in [2.05, 4.69) is 31.2 Å². The van der Waals surface area contributed by atoms with E-state index in [1.165, 1.54) is 11.1 Å². The molecule has 2 rings (SSSR count). The van der Waals surface area contributed by atoms with E-state index < -0.39 is 0 Å². The summed E-state index contributed by atoms with van der Waals surface area (Å²) in [4.78, 5) is 14.0. The van der Waals surface area contributed by atoms with Crippen LogP contribution in [0.4, 0.5) is 0 Å². The molecule has 3 nitrogen and oxygen atoms in total. The highest BCUT2D eigenvalue weighted by Crippen LogP contribution is 2.46. The Morgan fingerprint density at radius 1 is 1.28 bits per heavy atom. The first-order valence-electron chi connectivity index (χ1n) is 6.65. The highest BCUT2D eigenvalue weighted by molar-refractivity contribution is 5.85. The molecule has 1 amide bonds. The van der Waals surface area contributed by atoms with Crippen molar-refractivity contribution in [3.8, 4) is 0 Å². The first kappa shape index (κ1) is 13.1. The van der Waals surface area contributed by atoms with Crippen LogP contribution in [0.3, 0.4) is 0 Å². The molecule has 0 aromatic heterocycles. The van der Waals surface area contributed by atoms with E-state index in [9.17, 15) is 4.79 Å². The van der Waals surface area contributed by atoms with Gasteiger partial charge in [0.25, 0.3) is 0 Å². The number of nitrogens with two attached hydrogens (primary N) is 1. The van der Waals surface area contributed by atoms with Crippen molar-refractivity contribution >= 4 is 5.91 Å². The molecule has 98 valence electrons. The Balaban J connectivity index is 1.98. The number of aryl methyl sites for hydroxylation is 1. The molecular weight excluding hydrogens is 224 g/mol. The summed E-state index contributed by atoms with van der Waals surface area (Å²) in [5, 5.41) is 0. The monoisotopic (exact) mass is 246 g/mol. The fraction of sp³-hybridized carbons (Fsp3) is 0.533. The third kappa shape index (κ3) is 2.56. The van der Waals surface area contributed by atoms with Crippen molar-refractivity contribution in [3.05, 3.63) is 35.4 Å². The molecule has 0 saturated heterocycles. The molecule has 0 radical (unpaired) electrons. The van der Waals surface area contributed by atoms with Gasteiger partial charge in [0, 0.05) is 20.1 Å². The molecule has 18 heavy (non-hydrogen) atoms. The van der Waals surface area contributed by atoms with E-state index in [-0.39, 0.29) is 11.3 Å². The fourth-order valence-corrected chi connectivity index (χ4v) is 2.29. The predicted molar refractivity (Wildman–Crippen MR) is 73.0 cm³/mol. The Hall–Kier alpha value is -1.35. The van der Waals surface area contributed by atoms with Crippen LogP contribution in [-0.4, -0.2) is 24.4 Å². The van der Waals surface area contributed by atoms with Crippen molar-refractivity contribution in [2.45, 2.75) is 32.7 Å². The molecule has 1 saturated carbocycles. The average Bonchev–Trinajstić information content (AvgIpc) is 3.19. The minimum absolute atomic E-state index is 0.199. The van der Waals surface area contributed by atoms with Gasteiger partial charge in [-0.1, -0.05) is 31.2 Å². The van der Waals surface area contributed by atoms with E-state index in [1.807, 2.05) is 7.05 Å². The smallest absolute Gasteiger partial charge is 0.230 e. The van der Waals surface area contributed by atoms with Crippen LogP contribution in [0.2, 0.25) is 0 Å². The summed E-state index contributed by atoms with van der Waals surface area (Å²) < 4.78 is 0. The fourth-order valence-electron chi connectivity index (χ4n) is 2.29. The third-order valence-electron chi connectivity index (χ3n) is 3.90. The maximum Gasteiger partial charge on any atom is 0.230 e. The van der Waals surface area contributed by atoms with Crippen LogP contribution in [0.1, 0.15) is 30.9 Å². The molecule has 0 atom stereocenters. The summed E-state index contributed by atoms with van der Waals surface area (Å²) in [5.41, 5.74) is 7.96. The Morgan fingerprint density at radius 3 is 2.28 bits per heavy atom. The number of benzene rings is 1. The number of carbonyl (C=O) groups is 1. The lowest BCUT2D eigenvalue weighted by molar-refractivity contribution is -0.135. The molecule has 0 bridgehead atoms. The molecular formula is C15H22N2O. The van der Waals surface area contributed by atoms with Crippen LogP contribution in [0.5, 0.6) is 0 Å². The zero-order valence-corrected chi connectivity index (χ0v) is 11.3. The van der Waals surface area contributed by atoms with Crippen molar-refractivity contribution in [2.75, 3.05) is 13.6 Å². The normalized spacial score (nSPS) is 16.4. The molecule has 3 heteroatoms. The van der Waals surface area contributed by atoms with Gasteiger partial charge in [0.05, 0.1) is 5.41 Å². The summed E-state index contributed by atoms with van der Waals surface area (Å²) in [7, 11) is 1.87. The summed E-state index contributed by atoms with van der Waals surface area (Å²) in [5.74, 6) is 0.199. The van der Waals surface area contributed by atoms with E-state index in [4.69, 9.17) is 5.73 Å². The van der Waals surface area contributed by atoms with Gasteiger partial charge < -0.3 is 10.6 Å². The van der Waals surface area contributed by atoms with Gasteiger partial charge >= 0.3 is 0 Å². The van der Waals surface area contributed by atoms with Crippen molar-refractivity contribution in [2.24, 2.45) is 11.1 Å². The minimum Gasteiger partial charge on any atom is -0.341 e. The van der Waals surface area contributed by atoms with Gasteiger partial charge in [-0.2, -0.15) is 0 Å². The molecule has 0 unspecified atom stereocenters. The summed E-state index contributed by atoms with van der Waals surface area (Å²) in [6, 6.07) is 8.46. The first-order valence-corrected chi connectivity index (χ1v) is 6.65. The van der Waals surface area contributed by atoms with Crippen LogP contribution in [0.25, 0.3) is 0 Å². The zero-order valence-electron chi connectivity index (χ0n) is 11.3. The SMILES string of the molecule is CCc1ccc(CN(C)C(=O)C2(CN)CC2)cc1. The first-order chi connectivity index (χ1) is 8.61. The Labute approximate surface area is 109 Å². The number of carbonyl (C=O) groups excluding carboxylic acids is 1. The minimum atomic E-state index is -0.238. The van der Waals surface area contributed by atoms with Gasteiger partial charge in [-0.05, 0) is 30.4 Å². The zero-order chi connectivity index (χ0) is 13.2. The lowest BCUT2D eigenvalue weighted by Crippen LogP contribution is -2.37. The summed E-state index contributed by atoms with van der Waals surface area (Å²) >= 11 is 0. The van der Waals surface area contributed by atoms with Crippen LogP contribution >= 0.6 is 0 Å². The second-order valence-electron chi connectivity index (χ2n) is 5.32. The van der Waals surface area contributed by atoms with Crippen molar-refractivity contribution in [3.63, 3.8) is 0 Å². The molecule has 0 heterocycles. The largest absolute Gasteiger partial charge is 0.341 e. The number of hydrogen-bond donors (Lipinski definition) is 1. The van der Waals surface area contributed by atoms with Crippen molar-refractivity contribution in [1.29, 1.82) is 0 Å². The van der Waals surface area contributed by atoms with Crippen molar-refractivity contribution < 1.29 is 4.79 Å². The number of amides is 1. The maximum absolute atomic E-state index is 12.2. The Morgan fingerprint density at radius 2 is 1.83 bits per heavy atom. The van der Waals surface area contributed by atoms with Crippen LogP contribution in [-0.2, 0) is 17.8 Å². The second-order valence-corrected chi connectivity index (χ2v) is 5.32. The maximum atomic E-state index is 12.2. The van der Waals surface area contributed by atoms with Crippen LogP contribution < -0.4 is 5.73 Å². The van der Waals surface area contributed by atoms with Gasteiger partial charge in [0.15, 0.2) is 0 Å². The average molecular weight is 246 g/mol. The molecule has 0 aliphatic heterocycles. The van der Waals surface area contributed by atoms with E-state index >= 15 is 0 Å². The number of rotatable bonds is 5. The molecule has 1 fully saturated rings. The highest BCUT2D eigenvalue weighted by atomic mass is 16.2. The van der Waals surface area contributed by atoms with Crippen LogP contribution in [0, 0.1) is 5.41 Å². The Kier molecular flexibility index (Phi) is 3.71. The molecule has 1 aliphatic carbocycles. The van der Waals surface area contributed by atoms with Gasteiger partial charge in [-0.15, -0.1) is 0 Å². The molecule has 2 N–H and O–H groups in total. The highest BCUT2D eigenvalue weighted by Gasteiger charge is 2.49. The number of nitrogens with zero attached hydrogens (tertiary/aromatic N) is 1. The lowest BCUT2D eigenvalue weighted by Gasteiger charge is -2.22. The summed E-state index contributed by atoms with van der Waals surface area (Å²) in [6.45, 7) is 3.29. The lowest BCUT2D eigenvalue weighted by atomic mass is 10.1. The molecule has 0 spiro atoms. The van der Waals surface area contributed by atoms with Gasteiger partial charge in [0.2, 0.25) is 5.91 Å². The van der Waals surface area contributed by atoms with Crippen LogP contribution in [0.15, 0.2) is 24.3 Å². The number of hydrogen-bond acceptors (Lipinski definition) is 2. The quantitative estimate of drug-likeness (QED) is 0.863. The summed E-state index contributed by atoms with van der Waals surface area (Å²) in [6.07, 6.45) is 2.94. The molecule has 1 aliphatic rings.